The van der Waals surface area contributed by atoms with Gasteiger partial charge >= 0.3 is 0 Å². The van der Waals surface area contributed by atoms with Gasteiger partial charge in [-0.25, -0.2) is 4.98 Å². The van der Waals surface area contributed by atoms with Crippen LogP contribution in [-0.4, -0.2) is 17.3 Å². The SMILES string of the molecule is COc1cccc2c3c(c(C)nc12)SC(C)C3. The minimum absolute atomic E-state index is 0.655. The number of para-hydroxylation sites is 1. The lowest BCUT2D eigenvalue weighted by atomic mass is 10.0. The molecule has 1 atom stereocenters. The molecule has 88 valence electrons. The topological polar surface area (TPSA) is 22.1 Å². The van der Waals surface area contributed by atoms with E-state index in [1.54, 1.807) is 7.11 Å². The molecular formula is C14H15NOS. The number of thioether (sulfide) groups is 1. The van der Waals surface area contributed by atoms with E-state index in [9.17, 15) is 0 Å². The predicted molar refractivity (Wildman–Crippen MR) is 72.1 cm³/mol. The van der Waals surface area contributed by atoms with Crippen LogP contribution >= 0.6 is 11.8 Å². The normalized spacial score (nSPS) is 18.4. The molecule has 0 spiro atoms. The first-order chi connectivity index (χ1) is 8.20. The average molecular weight is 245 g/mol. The Morgan fingerprint density at radius 2 is 2.24 bits per heavy atom. The van der Waals surface area contributed by atoms with Gasteiger partial charge in [0, 0.05) is 15.5 Å². The lowest BCUT2D eigenvalue weighted by Gasteiger charge is -2.10. The first kappa shape index (κ1) is 10.9. The quantitative estimate of drug-likeness (QED) is 0.766. The Morgan fingerprint density at radius 1 is 1.41 bits per heavy atom. The number of fused-ring (bicyclic) bond motifs is 3. The van der Waals surface area contributed by atoms with Crippen LogP contribution in [0.4, 0.5) is 0 Å². The molecule has 0 saturated heterocycles. The fraction of sp³-hybridized carbons (Fsp3) is 0.357. The van der Waals surface area contributed by atoms with E-state index in [-0.39, 0.29) is 0 Å². The van der Waals surface area contributed by atoms with Gasteiger partial charge in [-0.05, 0) is 25.0 Å². The molecule has 0 bridgehead atoms. The molecule has 2 heterocycles. The van der Waals surface area contributed by atoms with Crippen molar-refractivity contribution >= 4 is 22.7 Å². The third-order valence-electron chi connectivity index (χ3n) is 3.24. The summed E-state index contributed by atoms with van der Waals surface area (Å²) in [7, 11) is 1.70. The molecule has 17 heavy (non-hydrogen) atoms. The summed E-state index contributed by atoms with van der Waals surface area (Å²) in [4.78, 5) is 6.08. The maximum absolute atomic E-state index is 5.40. The highest BCUT2D eigenvalue weighted by atomic mass is 32.2. The second kappa shape index (κ2) is 3.91. The lowest BCUT2D eigenvalue weighted by Crippen LogP contribution is -1.96. The predicted octanol–water partition coefficient (Wildman–Crippen LogP) is 3.59. The molecule has 0 N–H and O–H groups in total. The van der Waals surface area contributed by atoms with E-state index in [1.807, 2.05) is 23.9 Å². The van der Waals surface area contributed by atoms with Crippen LogP contribution in [0, 0.1) is 6.92 Å². The highest BCUT2D eigenvalue weighted by Gasteiger charge is 2.24. The molecule has 1 aromatic carbocycles. The second-order valence-corrected chi connectivity index (χ2v) is 5.94. The number of hydrogen-bond acceptors (Lipinski definition) is 3. The monoisotopic (exact) mass is 245 g/mol. The smallest absolute Gasteiger partial charge is 0.145 e. The second-order valence-electron chi connectivity index (χ2n) is 4.49. The summed E-state index contributed by atoms with van der Waals surface area (Å²) in [6, 6.07) is 6.18. The van der Waals surface area contributed by atoms with Gasteiger partial charge in [0.2, 0.25) is 0 Å². The van der Waals surface area contributed by atoms with Gasteiger partial charge < -0.3 is 4.74 Å². The van der Waals surface area contributed by atoms with Crippen LogP contribution in [0.25, 0.3) is 10.9 Å². The van der Waals surface area contributed by atoms with Crippen LogP contribution in [-0.2, 0) is 6.42 Å². The van der Waals surface area contributed by atoms with Gasteiger partial charge in [-0.2, -0.15) is 0 Å². The van der Waals surface area contributed by atoms with Crippen molar-refractivity contribution in [1.82, 2.24) is 4.98 Å². The van der Waals surface area contributed by atoms with Crippen LogP contribution < -0.4 is 4.74 Å². The standard InChI is InChI=1S/C14H15NOS/c1-8-7-11-10-5-4-6-12(16-3)13(10)15-9(2)14(11)17-8/h4-6,8H,7H2,1-3H3. The van der Waals surface area contributed by atoms with Crippen LogP contribution in [0.15, 0.2) is 23.1 Å². The summed E-state index contributed by atoms with van der Waals surface area (Å²) >= 11 is 1.94. The largest absolute Gasteiger partial charge is 0.494 e. The Morgan fingerprint density at radius 3 is 3.00 bits per heavy atom. The van der Waals surface area contributed by atoms with Crippen molar-refractivity contribution in [3.63, 3.8) is 0 Å². The third kappa shape index (κ3) is 1.61. The summed E-state index contributed by atoms with van der Waals surface area (Å²) in [5.74, 6) is 0.873. The summed E-state index contributed by atoms with van der Waals surface area (Å²) in [5, 5.41) is 1.91. The average Bonchev–Trinajstić information content (AvgIpc) is 2.71. The molecule has 0 fully saturated rings. The van der Waals surface area contributed by atoms with Crippen molar-refractivity contribution in [3.8, 4) is 5.75 Å². The molecule has 0 saturated carbocycles. The number of methoxy groups -OCH3 is 1. The Bertz CT molecular complexity index is 594. The summed E-state index contributed by atoms with van der Waals surface area (Å²) < 4.78 is 5.40. The Balaban J connectivity index is 2.37. The molecule has 1 aliphatic rings. The summed E-state index contributed by atoms with van der Waals surface area (Å²) in [6.07, 6.45) is 1.13. The molecule has 0 radical (unpaired) electrons. The van der Waals surface area contributed by atoms with Gasteiger partial charge in [0.1, 0.15) is 11.3 Å². The zero-order valence-electron chi connectivity index (χ0n) is 10.3. The van der Waals surface area contributed by atoms with E-state index in [0.29, 0.717) is 5.25 Å². The van der Waals surface area contributed by atoms with Crippen molar-refractivity contribution in [2.24, 2.45) is 0 Å². The highest BCUT2D eigenvalue weighted by molar-refractivity contribution is 8.00. The zero-order valence-corrected chi connectivity index (χ0v) is 11.1. The van der Waals surface area contributed by atoms with Crippen molar-refractivity contribution < 1.29 is 4.74 Å². The third-order valence-corrected chi connectivity index (χ3v) is 4.58. The fourth-order valence-electron chi connectivity index (χ4n) is 2.49. The molecule has 2 nitrogen and oxygen atoms in total. The van der Waals surface area contributed by atoms with Gasteiger partial charge in [-0.1, -0.05) is 19.1 Å². The Hall–Kier alpha value is -1.22. The van der Waals surface area contributed by atoms with Gasteiger partial charge in [-0.15, -0.1) is 11.8 Å². The van der Waals surface area contributed by atoms with Gasteiger partial charge in [0.25, 0.3) is 0 Å². The molecule has 1 aromatic heterocycles. The first-order valence-electron chi connectivity index (χ1n) is 5.83. The van der Waals surface area contributed by atoms with Gasteiger partial charge in [0.05, 0.1) is 12.8 Å². The Kier molecular flexibility index (Phi) is 2.51. The minimum atomic E-state index is 0.655. The van der Waals surface area contributed by atoms with E-state index < -0.39 is 0 Å². The molecule has 2 aromatic rings. The zero-order chi connectivity index (χ0) is 12.0. The van der Waals surface area contributed by atoms with Gasteiger partial charge in [0.15, 0.2) is 0 Å². The summed E-state index contributed by atoms with van der Waals surface area (Å²) in [6.45, 7) is 4.37. The number of aryl methyl sites for hydroxylation is 1. The number of ether oxygens (including phenoxy) is 1. The minimum Gasteiger partial charge on any atom is -0.494 e. The van der Waals surface area contributed by atoms with Crippen LogP contribution in [0.2, 0.25) is 0 Å². The highest BCUT2D eigenvalue weighted by Crippen LogP contribution is 2.43. The van der Waals surface area contributed by atoms with E-state index in [1.165, 1.54) is 15.8 Å². The number of rotatable bonds is 1. The van der Waals surface area contributed by atoms with Crippen molar-refractivity contribution in [2.75, 3.05) is 7.11 Å². The van der Waals surface area contributed by atoms with Crippen LogP contribution in [0.5, 0.6) is 5.75 Å². The molecule has 3 rings (SSSR count). The molecule has 3 heteroatoms. The van der Waals surface area contributed by atoms with Crippen LogP contribution in [0.1, 0.15) is 18.2 Å². The summed E-state index contributed by atoms with van der Waals surface area (Å²) in [5.41, 5.74) is 3.58. The van der Waals surface area contributed by atoms with E-state index in [4.69, 9.17) is 9.72 Å². The van der Waals surface area contributed by atoms with E-state index in [0.717, 1.165) is 23.4 Å². The molecular weight excluding hydrogens is 230 g/mol. The molecule has 1 unspecified atom stereocenters. The Labute approximate surface area is 105 Å². The fourth-order valence-corrected chi connectivity index (χ4v) is 3.70. The number of benzene rings is 1. The number of hydrogen-bond donors (Lipinski definition) is 0. The molecule has 0 aliphatic carbocycles. The maximum Gasteiger partial charge on any atom is 0.145 e. The molecule has 1 aliphatic heterocycles. The maximum atomic E-state index is 5.40. The molecule has 0 amide bonds. The lowest BCUT2D eigenvalue weighted by molar-refractivity contribution is 0.418. The first-order valence-corrected chi connectivity index (χ1v) is 6.71. The number of pyridine rings is 1. The van der Waals surface area contributed by atoms with Crippen molar-refractivity contribution in [2.45, 2.75) is 30.4 Å². The van der Waals surface area contributed by atoms with Crippen LogP contribution in [0.3, 0.4) is 0 Å². The van der Waals surface area contributed by atoms with E-state index in [2.05, 4.69) is 19.9 Å². The van der Waals surface area contributed by atoms with Crippen molar-refractivity contribution in [1.29, 1.82) is 0 Å². The number of aromatic nitrogens is 1. The number of nitrogens with zero attached hydrogens (tertiary/aromatic N) is 1. The van der Waals surface area contributed by atoms with Crippen molar-refractivity contribution in [3.05, 3.63) is 29.5 Å². The van der Waals surface area contributed by atoms with Gasteiger partial charge in [-0.3, -0.25) is 0 Å². The van der Waals surface area contributed by atoms with E-state index >= 15 is 0 Å².